The summed E-state index contributed by atoms with van der Waals surface area (Å²) in [6.07, 6.45) is 38.6. The van der Waals surface area contributed by atoms with E-state index in [1.54, 1.807) is 0 Å². The zero-order valence-corrected chi connectivity index (χ0v) is 45.2. The molecule has 0 aromatic heterocycles. The molecule has 0 bridgehead atoms. The van der Waals surface area contributed by atoms with E-state index in [9.17, 15) is 24.0 Å². The summed E-state index contributed by atoms with van der Waals surface area (Å²) in [5.74, 6) is -2.30. The largest absolute Gasteiger partial charge is 1.00 e. The molecule has 0 radical (unpaired) electrons. The minimum atomic E-state index is -1.53. The van der Waals surface area contributed by atoms with E-state index in [1.807, 2.05) is 21.1 Å². The third-order valence-electron chi connectivity index (χ3n) is 12.5. The van der Waals surface area contributed by atoms with Gasteiger partial charge in [-0.2, -0.15) is 0 Å². The van der Waals surface area contributed by atoms with Crippen molar-refractivity contribution in [2.24, 2.45) is 0 Å². The minimum Gasteiger partial charge on any atom is -1.00 e. The lowest BCUT2D eigenvalue weighted by Gasteiger charge is -2.33. The van der Waals surface area contributed by atoms with Gasteiger partial charge in [0.2, 0.25) is 5.91 Å². The molecule has 0 rings (SSSR count). The van der Waals surface area contributed by atoms with Crippen molar-refractivity contribution in [1.29, 1.82) is 0 Å². The number of carbonyl (C=O) groups excluding carboxylic acids is 5. The minimum absolute atomic E-state index is 0. The quantitative estimate of drug-likeness (QED) is 0.0274. The molecule has 0 fully saturated rings. The van der Waals surface area contributed by atoms with Crippen molar-refractivity contribution in [3.8, 4) is 0 Å². The number of esters is 4. The predicted molar refractivity (Wildman–Crippen MR) is 270 cm³/mol. The fourth-order valence-corrected chi connectivity index (χ4v) is 7.99. The molecule has 0 saturated carbocycles. The standard InChI is InChI=1S/C55H104N2O9.ClH/c1-7-10-13-16-19-22-25-28-31-34-37-40-51(59)64-47-55(56-50(58)43-44-54(62)63-46-45-57(4,5)6,48-65-52(60)41-38-35-32-29-26-23-20-17-14-11-8-2)49-66-53(61)42-39-36-33-30-27-24-21-18-15-12-9-3;/h7-49H2,1-6H3;1H. The Morgan fingerprint density at radius 2 is 0.612 bits per heavy atom. The van der Waals surface area contributed by atoms with E-state index in [0.29, 0.717) is 30.3 Å². The van der Waals surface area contributed by atoms with E-state index >= 15 is 0 Å². The molecular formula is C55H105ClN2O9. The highest BCUT2D eigenvalue weighted by Crippen LogP contribution is 2.18. The number of halogens is 1. The highest BCUT2D eigenvalue weighted by atomic mass is 35.5. The molecule has 67 heavy (non-hydrogen) atoms. The average Bonchev–Trinajstić information content (AvgIpc) is 3.28. The topological polar surface area (TPSA) is 134 Å². The average molecular weight is 974 g/mol. The Bertz CT molecular complexity index is 1090. The van der Waals surface area contributed by atoms with Gasteiger partial charge in [0, 0.05) is 25.7 Å². The lowest BCUT2D eigenvalue weighted by atomic mass is 10.0. The van der Waals surface area contributed by atoms with Crippen LogP contribution in [0.1, 0.15) is 265 Å². The molecule has 396 valence electrons. The zero-order valence-electron chi connectivity index (χ0n) is 44.4. The summed E-state index contributed by atoms with van der Waals surface area (Å²) >= 11 is 0. The highest BCUT2D eigenvalue weighted by molar-refractivity contribution is 5.82. The van der Waals surface area contributed by atoms with E-state index in [4.69, 9.17) is 18.9 Å². The summed E-state index contributed by atoms with van der Waals surface area (Å²) in [4.78, 5) is 65.5. The SMILES string of the molecule is CCCCCCCCCCCCCC(=O)OCC(COC(=O)CCCCCCCCCCCCC)(COC(=O)CCCCCCCCCCCCC)NC(=O)CCC(=O)OCC[N+](C)(C)C.[Cl-]. The molecule has 0 spiro atoms. The number of nitrogens with zero attached hydrogens (tertiary/aromatic N) is 1. The number of likely N-dealkylation sites (N-methyl/N-ethyl adjacent to an activating group) is 1. The summed E-state index contributed by atoms with van der Waals surface area (Å²) in [7, 11) is 6.00. The fraction of sp³-hybridized carbons (Fsp3) is 0.909. The van der Waals surface area contributed by atoms with E-state index in [1.165, 1.54) is 135 Å². The molecule has 1 N–H and O–H groups in total. The maximum Gasteiger partial charge on any atom is 0.306 e. The number of amides is 1. The van der Waals surface area contributed by atoms with Crippen molar-refractivity contribution in [3.05, 3.63) is 0 Å². The normalized spacial score (nSPS) is 11.5. The van der Waals surface area contributed by atoms with Crippen LogP contribution >= 0.6 is 0 Å². The second-order valence-electron chi connectivity index (χ2n) is 20.4. The molecule has 0 saturated heterocycles. The zero-order chi connectivity index (χ0) is 48.8. The van der Waals surface area contributed by atoms with Crippen LogP contribution < -0.4 is 17.7 Å². The number of hydrogen-bond acceptors (Lipinski definition) is 9. The summed E-state index contributed by atoms with van der Waals surface area (Å²) in [6.45, 7) is 6.52. The first-order valence-electron chi connectivity index (χ1n) is 27.6. The van der Waals surface area contributed by atoms with Crippen molar-refractivity contribution < 1.29 is 59.8 Å². The highest BCUT2D eigenvalue weighted by Gasteiger charge is 2.38. The molecule has 12 heteroatoms. The summed E-state index contributed by atoms with van der Waals surface area (Å²) < 4.78 is 23.4. The summed E-state index contributed by atoms with van der Waals surface area (Å²) in [5, 5.41) is 2.89. The van der Waals surface area contributed by atoms with Crippen molar-refractivity contribution in [3.63, 3.8) is 0 Å². The monoisotopic (exact) mass is 973 g/mol. The van der Waals surface area contributed by atoms with Gasteiger partial charge < -0.3 is 41.2 Å². The van der Waals surface area contributed by atoms with Crippen LogP contribution in [0.5, 0.6) is 0 Å². The van der Waals surface area contributed by atoms with Gasteiger partial charge in [0.25, 0.3) is 0 Å². The number of quaternary nitrogens is 1. The van der Waals surface area contributed by atoms with Crippen molar-refractivity contribution >= 4 is 29.8 Å². The maximum absolute atomic E-state index is 13.5. The predicted octanol–water partition coefficient (Wildman–Crippen LogP) is 10.6. The second-order valence-corrected chi connectivity index (χ2v) is 20.4. The first kappa shape index (κ1) is 66.7. The van der Waals surface area contributed by atoms with Gasteiger partial charge in [-0.1, -0.05) is 213 Å². The molecule has 11 nitrogen and oxygen atoms in total. The third-order valence-corrected chi connectivity index (χ3v) is 12.5. The Kier molecular flexibility index (Phi) is 47.1. The van der Waals surface area contributed by atoms with Crippen LogP contribution in [0.4, 0.5) is 0 Å². The Labute approximate surface area is 417 Å². The van der Waals surface area contributed by atoms with Crippen LogP contribution in [0.2, 0.25) is 0 Å². The van der Waals surface area contributed by atoms with Crippen LogP contribution in [0.25, 0.3) is 0 Å². The molecule has 0 aromatic carbocycles. The van der Waals surface area contributed by atoms with E-state index in [-0.39, 0.29) is 70.9 Å². The molecule has 0 aliphatic carbocycles. The summed E-state index contributed by atoms with van der Waals surface area (Å²) in [5.41, 5.74) is -1.53. The van der Waals surface area contributed by atoms with E-state index in [0.717, 1.165) is 57.8 Å². The first-order valence-corrected chi connectivity index (χ1v) is 27.6. The van der Waals surface area contributed by atoms with Crippen molar-refractivity contribution in [2.45, 2.75) is 270 Å². The Morgan fingerprint density at radius 3 is 0.881 bits per heavy atom. The molecular weight excluding hydrogens is 868 g/mol. The number of nitrogens with one attached hydrogen (secondary N) is 1. The Morgan fingerprint density at radius 1 is 0.358 bits per heavy atom. The molecule has 0 atom stereocenters. The Hall–Kier alpha value is -2.40. The van der Waals surface area contributed by atoms with Gasteiger partial charge in [-0.15, -0.1) is 0 Å². The smallest absolute Gasteiger partial charge is 0.306 e. The maximum atomic E-state index is 13.5. The van der Waals surface area contributed by atoms with E-state index < -0.39 is 35.3 Å². The number of carbonyl (C=O) groups is 5. The van der Waals surface area contributed by atoms with Gasteiger partial charge in [-0.3, -0.25) is 24.0 Å². The number of rotatable bonds is 49. The summed E-state index contributed by atoms with van der Waals surface area (Å²) in [6, 6.07) is 0. The molecule has 0 aromatic rings. The lowest BCUT2D eigenvalue weighted by molar-refractivity contribution is -0.870. The van der Waals surface area contributed by atoms with Gasteiger partial charge in [0.15, 0.2) is 0 Å². The number of hydrogen-bond donors (Lipinski definition) is 1. The van der Waals surface area contributed by atoms with Gasteiger partial charge in [-0.05, 0) is 19.3 Å². The second kappa shape index (κ2) is 47.3. The molecule has 0 unspecified atom stereocenters. The van der Waals surface area contributed by atoms with Gasteiger partial charge in [0.05, 0.1) is 27.6 Å². The van der Waals surface area contributed by atoms with Crippen LogP contribution in [-0.2, 0) is 42.9 Å². The van der Waals surface area contributed by atoms with Crippen LogP contribution in [0.15, 0.2) is 0 Å². The Balaban J connectivity index is 0. The first-order chi connectivity index (χ1) is 31.9. The number of ether oxygens (including phenoxy) is 4. The van der Waals surface area contributed by atoms with Crippen molar-refractivity contribution in [1.82, 2.24) is 5.32 Å². The van der Waals surface area contributed by atoms with Crippen molar-refractivity contribution in [2.75, 3.05) is 54.1 Å². The molecule has 0 heterocycles. The number of unbranched alkanes of at least 4 members (excludes halogenated alkanes) is 30. The van der Waals surface area contributed by atoms with Crippen LogP contribution in [-0.4, -0.2) is 93.9 Å². The third kappa shape index (κ3) is 47.1. The fourth-order valence-electron chi connectivity index (χ4n) is 7.99. The van der Waals surface area contributed by atoms with Crippen LogP contribution in [0.3, 0.4) is 0 Å². The molecule has 0 aliphatic rings. The van der Waals surface area contributed by atoms with Gasteiger partial charge in [0.1, 0.15) is 38.5 Å². The van der Waals surface area contributed by atoms with Gasteiger partial charge >= 0.3 is 23.9 Å². The van der Waals surface area contributed by atoms with Crippen LogP contribution in [0, 0.1) is 0 Å². The van der Waals surface area contributed by atoms with E-state index in [2.05, 4.69) is 26.1 Å². The molecule has 0 aliphatic heterocycles. The lowest BCUT2D eigenvalue weighted by Crippen LogP contribution is -3.00. The molecule has 1 amide bonds. The van der Waals surface area contributed by atoms with Gasteiger partial charge in [-0.25, -0.2) is 0 Å².